The minimum atomic E-state index is -0.489. The lowest BCUT2D eigenvalue weighted by molar-refractivity contribution is -0.385. The topological polar surface area (TPSA) is 80.5 Å². The van der Waals surface area contributed by atoms with Crippen molar-refractivity contribution in [3.63, 3.8) is 0 Å². The second-order valence-electron chi connectivity index (χ2n) is 7.18. The van der Waals surface area contributed by atoms with E-state index in [1.165, 1.54) is 11.6 Å². The average Bonchev–Trinajstić information content (AvgIpc) is 3.18. The quantitative estimate of drug-likeness (QED) is 0.359. The van der Waals surface area contributed by atoms with Crippen LogP contribution in [0.25, 0.3) is 0 Å². The number of anilines is 1. The second-order valence-corrected chi connectivity index (χ2v) is 7.18. The smallest absolute Gasteiger partial charge is 0.274 e. The van der Waals surface area contributed by atoms with Crippen LogP contribution in [0.3, 0.4) is 0 Å². The van der Waals surface area contributed by atoms with Crippen molar-refractivity contribution in [2.24, 2.45) is 23.7 Å². The van der Waals surface area contributed by atoms with Gasteiger partial charge in [0, 0.05) is 23.5 Å². The van der Waals surface area contributed by atoms with Crippen LogP contribution in [0.15, 0.2) is 41.5 Å². The number of allylic oxidation sites excluding steroid dienone is 4. The number of aryl methyl sites for hydroxylation is 1. The minimum Gasteiger partial charge on any atom is -0.274 e. The molecule has 1 saturated carbocycles. The van der Waals surface area contributed by atoms with Crippen molar-refractivity contribution in [1.29, 1.82) is 0 Å². The Labute approximate surface area is 145 Å². The SMILES string of the molecule is CC(C)=C1[C@H]2C=C[C@H]1[C@@H]1C(=O)N(c3ccc(C)c([N+](=O)[O-])c3)C(=O)[C@H]12. The third kappa shape index (κ3) is 1.97. The molecular formula is C19H18N2O4. The lowest BCUT2D eigenvalue weighted by Gasteiger charge is -2.19. The van der Waals surface area contributed by atoms with E-state index < -0.39 is 4.92 Å². The number of hydrogen-bond acceptors (Lipinski definition) is 4. The molecule has 0 spiro atoms. The fraction of sp³-hybridized carbons (Fsp3) is 0.368. The van der Waals surface area contributed by atoms with Crippen molar-refractivity contribution in [2.45, 2.75) is 20.8 Å². The van der Waals surface area contributed by atoms with E-state index in [0.717, 1.165) is 10.5 Å². The van der Waals surface area contributed by atoms with Crippen LogP contribution in [-0.2, 0) is 9.59 Å². The molecule has 1 aliphatic heterocycles. The van der Waals surface area contributed by atoms with E-state index in [0.29, 0.717) is 11.3 Å². The van der Waals surface area contributed by atoms with E-state index in [9.17, 15) is 19.7 Å². The Kier molecular flexibility index (Phi) is 3.22. The molecule has 1 aromatic carbocycles. The molecule has 1 aromatic rings. The number of imide groups is 1. The lowest BCUT2D eigenvalue weighted by atomic mass is 9.85. The molecule has 0 radical (unpaired) electrons. The number of carbonyl (C=O) groups excluding carboxylic acids is 2. The summed E-state index contributed by atoms with van der Waals surface area (Å²) >= 11 is 0. The van der Waals surface area contributed by atoms with E-state index in [1.807, 2.05) is 26.0 Å². The van der Waals surface area contributed by atoms with Crippen LogP contribution in [-0.4, -0.2) is 16.7 Å². The molecule has 4 atom stereocenters. The molecule has 0 unspecified atom stereocenters. The number of carbonyl (C=O) groups is 2. The average molecular weight is 338 g/mol. The van der Waals surface area contributed by atoms with Crippen LogP contribution < -0.4 is 4.90 Å². The Morgan fingerprint density at radius 1 is 1.08 bits per heavy atom. The molecule has 0 N–H and O–H groups in total. The molecule has 2 bridgehead atoms. The van der Waals surface area contributed by atoms with E-state index in [1.54, 1.807) is 19.1 Å². The van der Waals surface area contributed by atoms with Crippen LogP contribution in [0.1, 0.15) is 19.4 Å². The third-order valence-corrected chi connectivity index (χ3v) is 5.64. The molecule has 2 fully saturated rings. The zero-order valence-electron chi connectivity index (χ0n) is 14.2. The zero-order chi connectivity index (χ0) is 18.0. The number of nitrogens with zero attached hydrogens (tertiary/aromatic N) is 2. The van der Waals surface area contributed by atoms with Gasteiger partial charge in [0.1, 0.15) is 0 Å². The van der Waals surface area contributed by atoms with Gasteiger partial charge >= 0.3 is 0 Å². The minimum absolute atomic E-state index is 0.0260. The zero-order valence-corrected chi connectivity index (χ0v) is 14.2. The van der Waals surface area contributed by atoms with Gasteiger partial charge in [-0.05, 0) is 26.8 Å². The number of fused-ring (bicyclic) bond motifs is 5. The lowest BCUT2D eigenvalue weighted by Crippen LogP contribution is -2.33. The Morgan fingerprint density at radius 3 is 2.12 bits per heavy atom. The van der Waals surface area contributed by atoms with E-state index in [2.05, 4.69) is 0 Å². The van der Waals surface area contributed by atoms with Gasteiger partial charge in [-0.3, -0.25) is 19.7 Å². The van der Waals surface area contributed by atoms with Crippen LogP contribution in [0, 0.1) is 40.7 Å². The summed E-state index contributed by atoms with van der Waals surface area (Å²) in [6, 6.07) is 4.51. The molecule has 6 nitrogen and oxygen atoms in total. The molecule has 2 amide bonds. The largest absolute Gasteiger partial charge is 0.274 e. The normalized spacial score (nSPS) is 29.6. The van der Waals surface area contributed by atoms with Crippen LogP contribution >= 0.6 is 0 Å². The fourth-order valence-electron chi connectivity index (χ4n) is 4.62. The maximum Gasteiger partial charge on any atom is 0.274 e. The number of hydrogen-bond donors (Lipinski definition) is 0. The molecule has 128 valence electrons. The molecule has 2 aliphatic carbocycles. The third-order valence-electron chi connectivity index (χ3n) is 5.64. The monoisotopic (exact) mass is 338 g/mol. The first kappa shape index (κ1) is 15.7. The summed E-state index contributed by atoms with van der Waals surface area (Å²) in [5.41, 5.74) is 3.06. The number of nitro benzene ring substituents is 1. The first-order chi connectivity index (χ1) is 11.8. The van der Waals surface area contributed by atoms with Gasteiger partial charge in [-0.25, -0.2) is 4.90 Å². The van der Waals surface area contributed by atoms with Gasteiger partial charge in [0.15, 0.2) is 0 Å². The highest BCUT2D eigenvalue weighted by atomic mass is 16.6. The van der Waals surface area contributed by atoms with E-state index >= 15 is 0 Å². The van der Waals surface area contributed by atoms with Crippen LogP contribution in [0.5, 0.6) is 0 Å². The van der Waals surface area contributed by atoms with Gasteiger partial charge in [0.05, 0.1) is 22.4 Å². The molecule has 3 aliphatic rings. The maximum atomic E-state index is 13.0. The predicted molar refractivity (Wildman–Crippen MR) is 91.8 cm³/mol. The molecule has 25 heavy (non-hydrogen) atoms. The van der Waals surface area contributed by atoms with Crippen molar-refractivity contribution >= 4 is 23.2 Å². The molecule has 1 heterocycles. The molecule has 4 rings (SSSR count). The van der Waals surface area contributed by atoms with Crippen molar-refractivity contribution in [2.75, 3.05) is 4.90 Å². The summed E-state index contributed by atoms with van der Waals surface area (Å²) < 4.78 is 0. The number of amides is 2. The first-order valence-electron chi connectivity index (χ1n) is 8.31. The number of benzene rings is 1. The Balaban J connectivity index is 1.76. The van der Waals surface area contributed by atoms with Crippen molar-refractivity contribution in [1.82, 2.24) is 0 Å². The number of nitro groups is 1. The number of rotatable bonds is 2. The summed E-state index contributed by atoms with van der Waals surface area (Å²) in [5.74, 6) is -1.31. The highest BCUT2D eigenvalue weighted by Crippen LogP contribution is 2.57. The van der Waals surface area contributed by atoms with Crippen LogP contribution in [0.4, 0.5) is 11.4 Å². The summed E-state index contributed by atoms with van der Waals surface area (Å²) in [6.45, 7) is 5.66. The summed E-state index contributed by atoms with van der Waals surface area (Å²) in [6.07, 6.45) is 4.06. The summed E-state index contributed by atoms with van der Waals surface area (Å²) in [4.78, 5) is 37.8. The summed E-state index contributed by atoms with van der Waals surface area (Å²) in [7, 11) is 0. The molecular weight excluding hydrogens is 320 g/mol. The molecule has 0 aromatic heterocycles. The Morgan fingerprint density at radius 2 is 1.64 bits per heavy atom. The second kappa shape index (κ2) is 5.12. The van der Waals surface area contributed by atoms with Gasteiger partial charge in [-0.1, -0.05) is 29.4 Å². The van der Waals surface area contributed by atoms with Gasteiger partial charge in [-0.2, -0.15) is 0 Å². The maximum absolute atomic E-state index is 13.0. The van der Waals surface area contributed by atoms with Gasteiger partial charge in [-0.15, -0.1) is 0 Å². The van der Waals surface area contributed by atoms with Crippen molar-refractivity contribution in [3.05, 3.63) is 57.2 Å². The van der Waals surface area contributed by atoms with Gasteiger partial charge < -0.3 is 0 Å². The van der Waals surface area contributed by atoms with E-state index in [4.69, 9.17) is 0 Å². The van der Waals surface area contributed by atoms with Crippen LogP contribution in [0.2, 0.25) is 0 Å². The van der Waals surface area contributed by atoms with Crippen molar-refractivity contribution < 1.29 is 14.5 Å². The summed E-state index contributed by atoms with van der Waals surface area (Å²) in [5, 5.41) is 11.2. The van der Waals surface area contributed by atoms with Gasteiger partial charge in [0.25, 0.3) is 5.69 Å². The predicted octanol–water partition coefficient (Wildman–Crippen LogP) is 3.16. The Bertz CT molecular complexity index is 861. The van der Waals surface area contributed by atoms with Gasteiger partial charge in [0.2, 0.25) is 11.8 Å². The highest BCUT2D eigenvalue weighted by Gasteiger charge is 2.62. The molecule has 1 saturated heterocycles. The van der Waals surface area contributed by atoms with E-state index in [-0.39, 0.29) is 41.2 Å². The van der Waals surface area contributed by atoms with Crippen molar-refractivity contribution in [3.8, 4) is 0 Å². The first-order valence-corrected chi connectivity index (χ1v) is 8.31. The standard InChI is InChI=1S/C19H18N2O4/c1-9(2)15-12-6-7-13(15)17-16(12)18(22)20(19(17)23)11-5-4-10(3)14(8-11)21(24)25/h4-8,12-13,16-17H,1-3H3/t12-,13-,16+,17+/m1/s1. The fourth-order valence-corrected chi connectivity index (χ4v) is 4.62. The Hall–Kier alpha value is -2.76. The highest BCUT2D eigenvalue weighted by molar-refractivity contribution is 6.23. The molecule has 6 heteroatoms.